The number of rotatable bonds is 4. The number of benzene rings is 1. The van der Waals surface area contributed by atoms with E-state index in [2.05, 4.69) is 31.5 Å². The molecule has 0 saturated carbocycles. The van der Waals surface area contributed by atoms with E-state index < -0.39 is 5.97 Å². The highest BCUT2D eigenvalue weighted by atomic mass is 79.9. The maximum Gasteiger partial charge on any atom is 0.313 e. The lowest BCUT2D eigenvalue weighted by Crippen LogP contribution is -2.16. The summed E-state index contributed by atoms with van der Waals surface area (Å²) < 4.78 is 3.24. The van der Waals surface area contributed by atoms with Crippen LogP contribution in [-0.4, -0.2) is 37.9 Å². The van der Waals surface area contributed by atoms with Gasteiger partial charge in [-0.25, -0.2) is 4.98 Å². The minimum atomic E-state index is -0.806. The third-order valence-corrected chi connectivity index (χ3v) is 5.98. The second-order valence-corrected chi connectivity index (χ2v) is 8.01. The number of hydrogen-bond acceptors (Lipinski definition) is 4. The molecule has 21 heavy (non-hydrogen) atoms. The van der Waals surface area contributed by atoms with Crippen molar-refractivity contribution >= 4 is 56.5 Å². The number of thioether (sulfide) groups is 2. The molecule has 0 atom stereocenters. The van der Waals surface area contributed by atoms with Gasteiger partial charge >= 0.3 is 5.97 Å². The molecule has 112 valence electrons. The van der Waals surface area contributed by atoms with E-state index in [0.717, 1.165) is 45.0 Å². The molecule has 1 aliphatic heterocycles. The summed E-state index contributed by atoms with van der Waals surface area (Å²) in [4.78, 5) is 15.5. The van der Waals surface area contributed by atoms with Gasteiger partial charge in [-0.2, -0.15) is 11.8 Å². The molecule has 0 aliphatic carbocycles. The van der Waals surface area contributed by atoms with E-state index in [9.17, 15) is 4.79 Å². The Hall–Kier alpha value is -0.660. The van der Waals surface area contributed by atoms with Crippen LogP contribution in [0.25, 0.3) is 11.0 Å². The molecular formula is C14H15BrN2O2S2. The number of hydrogen-bond donors (Lipinski definition) is 1. The highest BCUT2D eigenvalue weighted by Crippen LogP contribution is 2.35. The fraction of sp³-hybridized carbons (Fsp3) is 0.429. The van der Waals surface area contributed by atoms with Crippen molar-refractivity contribution in [3.8, 4) is 0 Å². The number of carbonyl (C=O) groups is 1. The Labute approximate surface area is 139 Å². The number of halogens is 1. The minimum absolute atomic E-state index is 0.0476. The van der Waals surface area contributed by atoms with Gasteiger partial charge in [0.05, 0.1) is 16.8 Å². The SMILES string of the molecule is O=C(O)CSc1nc2cc(Br)ccc2n1C1CCSCC1. The van der Waals surface area contributed by atoms with Gasteiger partial charge in [0.15, 0.2) is 5.16 Å². The van der Waals surface area contributed by atoms with Crippen LogP contribution in [0, 0.1) is 0 Å². The van der Waals surface area contributed by atoms with Crippen molar-refractivity contribution in [2.45, 2.75) is 24.0 Å². The Balaban J connectivity index is 2.03. The Kier molecular flexibility index (Phi) is 4.81. The van der Waals surface area contributed by atoms with E-state index in [0.29, 0.717) is 6.04 Å². The number of aliphatic carboxylic acids is 1. The van der Waals surface area contributed by atoms with Crippen LogP contribution in [0.5, 0.6) is 0 Å². The zero-order valence-electron chi connectivity index (χ0n) is 11.3. The Morgan fingerprint density at radius 3 is 2.95 bits per heavy atom. The first-order valence-corrected chi connectivity index (χ1v) is 9.68. The molecule has 1 aromatic carbocycles. The summed E-state index contributed by atoms with van der Waals surface area (Å²) >= 11 is 6.77. The highest BCUT2D eigenvalue weighted by molar-refractivity contribution is 9.10. The van der Waals surface area contributed by atoms with Crippen molar-refractivity contribution in [2.75, 3.05) is 17.3 Å². The molecule has 0 radical (unpaired) electrons. The molecule has 3 rings (SSSR count). The van der Waals surface area contributed by atoms with E-state index in [1.54, 1.807) is 0 Å². The smallest absolute Gasteiger partial charge is 0.313 e. The summed E-state index contributed by atoms with van der Waals surface area (Å²) in [6, 6.07) is 6.51. The second kappa shape index (κ2) is 6.62. The molecule has 1 saturated heterocycles. The van der Waals surface area contributed by atoms with Gasteiger partial charge in [-0.05, 0) is 42.5 Å². The van der Waals surface area contributed by atoms with E-state index in [4.69, 9.17) is 5.11 Å². The maximum atomic E-state index is 10.9. The molecule has 0 unspecified atom stereocenters. The van der Waals surface area contributed by atoms with Crippen LogP contribution in [0.3, 0.4) is 0 Å². The van der Waals surface area contributed by atoms with E-state index in [1.807, 2.05) is 23.9 Å². The number of carboxylic acid groups (broad SMARTS) is 1. The number of imidazole rings is 1. The van der Waals surface area contributed by atoms with Crippen molar-refractivity contribution in [2.24, 2.45) is 0 Å². The number of nitrogens with zero attached hydrogens (tertiary/aromatic N) is 2. The average molecular weight is 387 g/mol. The van der Waals surface area contributed by atoms with Crippen molar-refractivity contribution < 1.29 is 9.90 Å². The van der Waals surface area contributed by atoms with Crippen LogP contribution in [0.4, 0.5) is 0 Å². The summed E-state index contributed by atoms with van der Waals surface area (Å²) in [5, 5.41) is 9.75. The third-order valence-electron chi connectivity index (χ3n) is 3.50. The molecule has 1 N–H and O–H groups in total. The van der Waals surface area contributed by atoms with Crippen LogP contribution in [-0.2, 0) is 4.79 Å². The minimum Gasteiger partial charge on any atom is -0.481 e. The topological polar surface area (TPSA) is 55.1 Å². The molecule has 7 heteroatoms. The molecule has 2 aromatic rings. The molecule has 1 aliphatic rings. The number of fused-ring (bicyclic) bond motifs is 1. The summed E-state index contributed by atoms with van der Waals surface area (Å²) in [6.45, 7) is 0. The van der Waals surface area contributed by atoms with Gasteiger partial charge in [-0.3, -0.25) is 4.79 Å². The van der Waals surface area contributed by atoms with Crippen LogP contribution in [0.2, 0.25) is 0 Å². The monoisotopic (exact) mass is 386 g/mol. The Bertz CT molecular complexity index is 668. The molecule has 0 amide bonds. The zero-order valence-corrected chi connectivity index (χ0v) is 14.5. The fourth-order valence-corrected chi connectivity index (χ4v) is 4.81. The van der Waals surface area contributed by atoms with Crippen molar-refractivity contribution in [1.82, 2.24) is 9.55 Å². The largest absolute Gasteiger partial charge is 0.481 e. The van der Waals surface area contributed by atoms with Gasteiger partial charge in [0.2, 0.25) is 0 Å². The molecule has 2 heterocycles. The predicted molar refractivity (Wildman–Crippen MR) is 91.4 cm³/mol. The fourth-order valence-electron chi connectivity index (χ4n) is 2.57. The van der Waals surface area contributed by atoms with Gasteiger partial charge in [0, 0.05) is 10.5 Å². The first-order chi connectivity index (χ1) is 10.1. The van der Waals surface area contributed by atoms with Crippen molar-refractivity contribution in [3.05, 3.63) is 22.7 Å². The molecule has 1 fully saturated rings. The number of carboxylic acids is 1. The first-order valence-electron chi connectivity index (χ1n) is 6.75. The van der Waals surface area contributed by atoms with Crippen molar-refractivity contribution in [1.29, 1.82) is 0 Å². The highest BCUT2D eigenvalue weighted by Gasteiger charge is 2.22. The van der Waals surface area contributed by atoms with Crippen molar-refractivity contribution in [3.63, 3.8) is 0 Å². The molecule has 0 spiro atoms. The summed E-state index contributed by atoms with van der Waals surface area (Å²) in [7, 11) is 0. The number of aromatic nitrogens is 2. The van der Waals surface area contributed by atoms with E-state index in [1.165, 1.54) is 11.8 Å². The lowest BCUT2D eigenvalue weighted by Gasteiger charge is -2.25. The lowest BCUT2D eigenvalue weighted by atomic mass is 10.1. The van der Waals surface area contributed by atoms with Crippen LogP contribution < -0.4 is 0 Å². The molecular weight excluding hydrogens is 372 g/mol. The van der Waals surface area contributed by atoms with Crippen LogP contribution >= 0.6 is 39.5 Å². The molecule has 4 nitrogen and oxygen atoms in total. The Morgan fingerprint density at radius 2 is 2.24 bits per heavy atom. The first kappa shape index (κ1) is 15.2. The van der Waals surface area contributed by atoms with Crippen LogP contribution in [0.1, 0.15) is 18.9 Å². The van der Waals surface area contributed by atoms with E-state index in [-0.39, 0.29) is 5.75 Å². The van der Waals surface area contributed by atoms with Gasteiger partial charge < -0.3 is 9.67 Å². The molecule has 0 bridgehead atoms. The average Bonchev–Trinajstić information content (AvgIpc) is 2.83. The second-order valence-electron chi connectivity index (χ2n) is 4.92. The normalized spacial score (nSPS) is 16.4. The van der Waals surface area contributed by atoms with Crippen LogP contribution in [0.15, 0.2) is 27.8 Å². The zero-order chi connectivity index (χ0) is 14.8. The Morgan fingerprint density at radius 1 is 1.48 bits per heavy atom. The maximum absolute atomic E-state index is 10.9. The summed E-state index contributed by atoms with van der Waals surface area (Å²) in [6.07, 6.45) is 2.24. The van der Waals surface area contributed by atoms with Gasteiger partial charge in [0.1, 0.15) is 0 Å². The summed E-state index contributed by atoms with van der Waals surface area (Å²) in [5.41, 5.74) is 2.03. The predicted octanol–water partition coefficient (Wildman–Crippen LogP) is 4.04. The van der Waals surface area contributed by atoms with Gasteiger partial charge in [0.25, 0.3) is 0 Å². The lowest BCUT2D eigenvalue weighted by molar-refractivity contribution is -0.133. The van der Waals surface area contributed by atoms with Gasteiger partial charge in [-0.15, -0.1) is 0 Å². The standard InChI is InChI=1S/C14H15BrN2O2S2/c15-9-1-2-12-11(7-9)16-14(21-8-13(18)19)17(12)10-3-5-20-6-4-10/h1-2,7,10H,3-6,8H2,(H,18,19). The van der Waals surface area contributed by atoms with Gasteiger partial charge in [-0.1, -0.05) is 27.7 Å². The molecule has 1 aromatic heterocycles. The third kappa shape index (κ3) is 3.40. The van der Waals surface area contributed by atoms with E-state index >= 15 is 0 Å². The quantitative estimate of drug-likeness (QED) is 0.803. The summed E-state index contributed by atoms with van der Waals surface area (Å²) in [5.74, 6) is 1.55.